The summed E-state index contributed by atoms with van der Waals surface area (Å²) in [6, 6.07) is 1.21. The first kappa shape index (κ1) is 26.0. The summed E-state index contributed by atoms with van der Waals surface area (Å²) < 4.78 is 26.8. The Bertz CT molecular complexity index is 949. The van der Waals surface area contributed by atoms with Gasteiger partial charge in [-0.15, -0.1) is 0 Å². The summed E-state index contributed by atoms with van der Waals surface area (Å²) in [6.07, 6.45) is -0.169. The van der Waals surface area contributed by atoms with Crippen LogP contribution in [0.1, 0.15) is 52.0 Å². The van der Waals surface area contributed by atoms with Crippen molar-refractivity contribution in [2.24, 2.45) is 0 Å². The van der Waals surface area contributed by atoms with Gasteiger partial charge in [0.1, 0.15) is 11.8 Å². The highest BCUT2D eigenvalue weighted by molar-refractivity contribution is 5.96. The molecular weight excluding hydrogens is 438 g/mol. The first-order valence-electron chi connectivity index (χ1n) is 10.3. The molecule has 184 valence electrons. The van der Waals surface area contributed by atoms with E-state index in [-0.39, 0.29) is 24.2 Å². The van der Waals surface area contributed by atoms with Gasteiger partial charge in [0, 0.05) is 25.9 Å². The van der Waals surface area contributed by atoms with Gasteiger partial charge in [0.05, 0.1) is 6.61 Å². The van der Waals surface area contributed by atoms with Crippen LogP contribution in [-0.2, 0) is 23.7 Å². The molecule has 1 aromatic heterocycles. The van der Waals surface area contributed by atoms with Crippen LogP contribution in [0.4, 0.5) is 4.79 Å². The van der Waals surface area contributed by atoms with Crippen molar-refractivity contribution in [2.45, 2.75) is 58.9 Å². The monoisotopic (exact) mass is 469 g/mol. The van der Waals surface area contributed by atoms with Crippen LogP contribution in [0.2, 0.25) is 0 Å². The summed E-state index contributed by atoms with van der Waals surface area (Å²) in [4.78, 5) is 51.1. The molecule has 0 unspecified atom stereocenters. The van der Waals surface area contributed by atoms with Crippen molar-refractivity contribution < 1.29 is 38.1 Å². The van der Waals surface area contributed by atoms with E-state index in [0.717, 1.165) is 0 Å². The van der Waals surface area contributed by atoms with Crippen LogP contribution in [0.25, 0.3) is 0 Å². The van der Waals surface area contributed by atoms with Crippen LogP contribution in [-0.4, -0.2) is 72.0 Å². The van der Waals surface area contributed by atoms with Crippen molar-refractivity contribution in [3.05, 3.63) is 28.2 Å². The minimum atomic E-state index is -1.62. The molecule has 0 radical (unpaired) electrons. The Hall–Kier alpha value is -3.28. The quantitative estimate of drug-likeness (QED) is 0.440. The van der Waals surface area contributed by atoms with Crippen molar-refractivity contribution in [1.29, 1.82) is 0 Å². The number of ether oxygens (including phenoxy) is 5. The predicted octanol–water partition coefficient (Wildman–Crippen LogP) is 1.45. The third-order valence-corrected chi connectivity index (χ3v) is 4.46. The highest BCUT2D eigenvalue weighted by Crippen LogP contribution is 2.21. The maximum Gasteiger partial charge on any atom is 0.512 e. The van der Waals surface area contributed by atoms with Crippen LogP contribution < -0.4 is 15.6 Å². The van der Waals surface area contributed by atoms with Crippen molar-refractivity contribution in [2.75, 3.05) is 32.5 Å². The number of hydrogen-bond donors (Lipinski definition) is 1. The molecule has 0 fully saturated rings. The van der Waals surface area contributed by atoms with Gasteiger partial charge in [0.2, 0.25) is 23.6 Å². The number of fused-ring (bicyclic) bond motifs is 1. The number of carbonyl (C=O) groups excluding carboxylic acids is 3. The number of pyridine rings is 1. The fraction of sp³-hybridized carbons (Fsp3) is 0.619. The van der Waals surface area contributed by atoms with Crippen molar-refractivity contribution in [3.8, 4) is 5.75 Å². The third kappa shape index (κ3) is 6.60. The molecule has 1 aliphatic heterocycles. The topological polar surface area (TPSA) is 135 Å². The maximum absolute atomic E-state index is 13.0. The lowest BCUT2D eigenvalue weighted by atomic mass is 10.1. The van der Waals surface area contributed by atoms with Crippen LogP contribution in [0.15, 0.2) is 17.1 Å². The zero-order valence-electron chi connectivity index (χ0n) is 19.9. The lowest BCUT2D eigenvalue weighted by Crippen LogP contribution is -2.53. The standard InChI is InChI=1S/C21H31N3O9/c1-13-22-24-9-8-14(25)16(15(24)17(26)23(13)10-11-29-7)30-12-31-19(28)33-21(5,6)18(27)32-20(2,3)4/h8-9,13,22H,10-12H2,1-7H3/t13-/m0/s1. The largest absolute Gasteiger partial charge is 0.512 e. The highest BCUT2D eigenvalue weighted by atomic mass is 16.8. The summed E-state index contributed by atoms with van der Waals surface area (Å²) in [7, 11) is 1.51. The van der Waals surface area contributed by atoms with Crippen LogP contribution in [0.3, 0.4) is 0 Å². The summed E-state index contributed by atoms with van der Waals surface area (Å²) in [6.45, 7) is 9.38. The van der Waals surface area contributed by atoms with E-state index < -0.39 is 41.5 Å². The SMILES string of the molecule is COCCN1C(=O)c2c(OCOC(=O)OC(C)(C)C(=O)OC(C)(C)C)c(=O)ccn2N[C@@H]1C. The van der Waals surface area contributed by atoms with E-state index >= 15 is 0 Å². The molecule has 12 nitrogen and oxygen atoms in total. The average molecular weight is 469 g/mol. The number of amides is 1. The van der Waals surface area contributed by atoms with Gasteiger partial charge in [-0.1, -0.05) is 0 Å². The predicted molar refractivity (Wildman–Crippen MR) is 115 cm³/mol. The number of nitrogens with one attached hydrogen (secondary N) is 1. The molecule has 0 saturated carbocycles. The number of aromatic nitrogens is 1. The first-order valence-corrected chi connectivity index (χ1v) is 10.3. The molecule has 0 saturated heterocycles. The second-order valence-electron chi connectivity index (χ2n) is 8.79. The van der Waals surface area contributed by atoms with E-state index in [2.05, 4.69) is 5.43 Å². The summed E-state index contributed by atoms with van der Waals surface area (Å²) >= 11 is 0. The fourth-order valence-electron chi connectivity index (χ4n) is 2.85. The molecule has 0 aromatic carbocycles. The molecule has 1 amide bonds. The zero-order chi connectivity index (χ0) is 25.0. The van der Waals surface area contributed by atoms with E-state index in [9.17, 15) is 19.2 Å². The van der Waals surface area contributed by atoms with E-state index in [4.69, 9.17) is 23.7 Å². The van der Waals surface area contributed by atoms with Gasteiger partial charge in [-0.2, -0.15) is 0 Å². The normalized spacial score (nSPS) is 15.9. The summed E-state index contributed by atoms with van der Waals surface area (Å²) in [5.41, 5.74) is 0.0220. The number of rotatable bonds is 8. The van der Waals surface area contributed by atoms with Crippen LogP contribution in [0, 0.1) is 0 Å². The van der Waals surface area contributed by atoms with E-state index in [1.165, 1.54) is 42.8 Å². The second kappa shape index (κ2) is 10.1. The van der Waals surface area contributed by atoms with Crippen molar-refractivity contribution >= 4 is 18.0 Å². The molecule has 0 bridgehead atoms. The Morgan fingerprint density at radius 3 is 2.39 bits per heavy atom. The van der Waals surface area contributed by atoms with Crippen molar-refractivity contribution in [3.63, 3.8) is 0 Å². The minimum absolute atomic E-state index is 0.0530. The highest BCUT2D eigenvalue weighted by Gasteiger charge is 2.37. The molecule has 0 aliphatic carbocycles. The zero-order valence-corrected chi connectivity index (χ0v) is 19.9. The van der Waals surface area contributed by atoms with Crippen LogP contribution in [0.5, 0.6) is 5.75 Å². The number of carbonyl (C=O) groups is 3. The van der Waals surface area contributed by atoms with Gasteiger partial charge in [0.25, 0.3) is 5.91 Å². The molecule has 2 heterocycles. The smallest absolute Gasteiger partial charge is 0.457 e. The molecule has 2 rings (SSSR count). The Morgan fingerprint density at radius 1 is 1.12 bits per heavy atom. The van der Waals surface area contributed by atoms with E-state index in [1.54, 1.807) is 27.7 Å². The lowest BCUT2D eigenvalue weighted by Gasteiger charge is -2.37. The molecular formula is C21H31N3O9. The molecule has 1 aliphatic rings. The van der Waals surface area contributed by atoms with Gasteiger partial charge >= 0.3 is 12.1 Å². The third-order valence-electron chi connectivity index (χ3n) is 4.46. The van der Waals surface area contributed by atoms with Gasteiger partial charge in [0.15, 0.2) is 5.69 Å². The van der Waals surface area contributed by atoms with Gasteiger partial charge < -0.3 is 34.0 Å². The lowest BCUT2D eigenvalue weighted by molar-refractivity contribution is -0.176. The Labute approximate surface area is 191 Å². The van der Waals surface area contributed by atoms with Crippen molar-refractivity contribution in [1.82, 2.24) is 9.58 Å². The van der Waals surface area contributed by atoms with Gasteiger partial charge in [-0.05, 0) is 41.5 Å². The Morgan fingerprint density at radius 2 is 1.79 bits per heavy atom. The fourth-order valence-corrected chi connectivity index (χ4v) is 2.85. The van der Waals surface area contributed by atoms with E-state index in [0.29, 0.717) is 6.61 Å². The maximum atomic E-state index is 13.0. The number of esters is 1. The average Bonchev–Trinajstić information content (AvgIpc) is 2.68. The Balaban J connectivity index is 2.07. The van der Waals surface area contributed by atoms with E-state index in [1.807, 2.05) is 0 Å². The molecule has 0 spiro atoms. The second-order valence-corrected chi connectivity index (χ2v) is 8.79. The minimum Gasteiger partial charge on any atom is -0.457 e. The van der Waals surface area contributed by atoms with Gasteiger partial charge in [-0.3, -0.25) is 14.3 Å². The van der Waals surface area contributed by atoms with Crippen LogP contribution >= 0.6 is 0 Å². The molecule has 1 N–H and O–H groups in total. The van der Waals surface area contributed by atoms with Gasteiger partial charge in [-0.25, -0.2) is 9.59 Å². The number of methoxy groups -OCH3 is 1. The summed E-state index contributed by atoms with van der Waals surface area (Å²) in [5.74, 6) is -1.52. The molecule has 33 heavy (non-hydrogen) atoms. The number of nitrogens with zero attached hydrogens (tertiary/aromatic N) is 2. The molecule has 1 atom stereocenters. The molecule has 1 aromatic rings. The number of hydrogen-bond acceptors (Lipinski definition) is 10. The first-order chi connectivity index (χ1) is 15.3. The summed E-state index contributed by atoms with van der Waals surface area (Å²) in [5, 5.41) is 0. The Kier molecular flexibility index (Phi) is 7.96. The molecule has 12 heteroatoms.